The van der Waals surface area contributed by atoms with E-state index in [-0.39, 0.29) is 11.5 Å². The second-order valence-electron chi connectivity index (χ2n) is 5.03. The van der Waals surface area contributed by atoms with Crippen molar-refractivity contribution in [2.24, 2.45) is 0 Å². The Bertz CT molecular complexity index is 918. The molecule has 110 valence electrons. The Morgan fingerprint density at radius 2 is 1.64 bits per heavy atom. The van der Waals surface area contributed by atoms with Gasteiger partial charge < -0.3 is 14.6 Å². The summed E-state index contributed by atoms with van der Waals surface area (Å²) in [5.41, 5.74) is 2.03. The van der Waals surface area contributed by atoms with Gasteiger partial charge in [0.25, 0.3) is 0 Å². The average molecular weight is 294 g/mol. The van der Waals surface area contributed by atoms with Gasteiger partial charge >= 0.3 is 5.63 Å². The quantitative estimate of drug-likeness (QED) is 0.707. The molecule has 1 heterocycles. The van der Waals surface area contributed by atoms with E-state index in [9.17, 15) is 15.0 Å². The van der Waals surface area contributed by atoms with E-state index in [1.165, 1.54) is 6.07 Å². The van der Waals surface area contributed by atoms with Crippen LogP contribution in [0.15, 0.2) is 51.7 Å². The monoisotopic (exact) mass is 294 g/mol. The second kappa shape index (κ2) is 5.41. The van der Waals surface area contributed by atoms with E-state index in [1.807, 2.05) is 6.92 Å². The molecule has 0 amide bonds. The van der Waals surface area contributed by atoms with Crippen molar-refractivity contribution in [2.75, 3.05) is 0 Å². The fourth-order valence-corrected chi connectivity index (χ4v) is 2.32. The number of aromatic hydroxyl groups is 2. The zero-order chi connectivity index (χ0) is 15.7. The third-order valence-corrected chi connectivity index (χ3v) is 3.53. The minimum atomic E-state index is -0.453. The van der Waals surface area contributed by atoms with E-state index < -0.39 is 5.63 Å². The summed E-state index contributed by atoms with van der Waals surface area (Å²) in [6, 6.07) is 11.4. The molecule has 0 atom stereocenters. The summed E-state index contributed by atoms with van der Waals surface area (Å²) in [6.07, 6.45) is 3.48. The van der Waals surface area contributed by atoms with Gasteiger partial charge in [0.05, 0.1) is 5.56 Å². The van der Waals surface area contributed by atoms with Crippen LogP contribution in [-0.2, 0) is 0 Å². The molecule has 3 rings (SSSR count). The zero-order valence-corrected chi connectivity index (χ0v) is 11.9. The molecule has 4 heteroatoms. The molecule has 0 saturated carbocycles. The molecule has 2 N–H and O–H groups in total. The zero-order valence-electron chi connectivity index (χ0n) is 11.9. The lowest BCUT2D eigenvalue weighted by Gasteiger charge is -2.04. The summed E-state index contributed by atoms with van der Waals surface area (Å²) in [4.78, 5) is 12.1. The predicted molar refractivity (Wildman–Crippen MR) is 85.9 cm³/mol. The first-order valence-corrected chi connectivity index (χ1v) is 6.78. The third kappa shape index (κ3) is 2.59. The second-order valence-corrected chi connectivity index (χ2v) is 5.03. The van der Waals surface area contributed by atoms with Gasteiger partial charge in [0.15, 0.2) is 0 Å². The van der Waals surface area contributed by atoms with Gasteiger partial charge in [0, 0.05) is 11.5 Å². The molecule has 22 heavy (non-hydrogen) atoms. The number of hydrogen-bond donors (Lipinski definition) is 2. The summed E-state index contributed by atoms with van der Waals surface area (Å²) in [5.74, 6) is 0.251. The maximum absolute atomic E-state index is 12.1. The lowest BCUT2D eigenvalue weighted by Crippen LogP contribution is -2.05. The minimum Gasteiger partial charge on any atom is -0.508 e. The highest BCUT2D eigenvalue weighted by molar-refractivity contribution is 5.85. The summed E-state index contributed by atoms with van der Waals surface area (Å²) in [6.45, 7) is 1.84. The molecule has 0 fully saturated rings. The van der Waals surface area contributed by atoms with Gasteiger partial charge in [-0.25, -0.2) is 4.79 Å². The summed E-state index contributed by atoms with van der Waals surface area (Å²) in [7, 11) is 0. The van der Waals surface area contributed by atoms with E-state index in [0.29, 0.717) is 11.1 Å². The number of phenols is 2. The van der Waals surface area contributed by atoms with Crippen molar-refractivity contribution in [1.82, 2.24) is 0 Å². The lowest BCUT2D eigenvalue weighted by molar-refractivity contribution is 0.473. The number of hydrogen-bond acceptors (Lipinski definition) is 4. The molecule has 1 aromatic heterocycles. The molecule has 0 saturated heterocycles. The van der Waals surface area contributed by atoms with Crippen molar-refractivity contribution in [3.8, 4) is 11.5 Å². The Kier molecular flexibility index (Phi) is 3.43. The van der Waals surface area contributed by atoms with Gasteiger partial charge in [-0.1, -0.05) is 18.2 Å². The molecule has 0 aliphatic carbocycles. The minimum absolute atomic E-state index is 0.0578. The first-order chi connectivity index (χ1) is 10.5. The molecule has 3 aromatic rings. The summed E-state index contributed by atoms with van der Waals surface area (Å²) < 4.78 is 5.26. The highest BCUT2D eigenvalue weighted by Crippen LogP contribution is 2.24. The Morgan fingerprint density at radius 3 is 2.36 bits per heavy atom. The maximum Gasteiger partial charge on any atom is 0.343 e. The van der Waals surface area contributed by atoms with Crippen molar-refractivity contribution in [2.45, 2.75) is 6.92 Å². The molecular formula is C18H14O4. The van der Waals surface area contributed by atoms with Gasteiger partial charge in [-0.3, -0.25) is 0 Å². The average Bonchev–Trinajstić information content (AvgIpc) is 2.48. The van der Waals surface area contributed by atoms with E-state index in [2.05, 4.69) is 0 Å². The Labute approximate surface area is 126 Å². The van der Waals surface area contributed by atoms with Crippen molar-refractivity contribution >= 4 is 23.1 Å². The van der Waals surface area contributed by atoms with Gasteiger partial charge in [-0.2, -0.15) is 0 Å². The molecule has 4 nitrogen and oxygen atoms in total. The van der Waals surface area contributed by atoms with E-state index >= 15 is 0 Å². The topological polar surface area (TPSA) is 70.7 Å². The normalized spacial score (nSPS) is 11.3. The molecule has 2 aromatic carbocycles. The number of phenolic OH excluding ortho intramolecular Hbond substituents is 2. The Balaban J connectivity index is 2.09. The molecule has 0 radical (unpaired) electrons. The Morgan fingerprint density at radius 1 is 0.955 bits per heavy atom. The van der Waals surface area contributed by atoms with Crippen LogP contribution < -0.4 is 5.63 Å². The maximum atomic E-state index is 12.1. The molecular weight excluding hydrogens is 280 g/mol. The van der Waals surface area contributed by atoms with E-state index in [0.717, 1.165) is 16.5 Å². The predicted octanol–water partition coefficient (Wildman–Crippen LogP) is 3.68. The van der Waals surface area contributed by atoms with Crippen LogP contribution in [0.4, 0.5) is 0 Å². The summed E-state index contributed by atoms with van der Waals surface area (Å²) >= 11 is 0. The van der Waals surface area contributed by atoms with Crippen LogP contribution in [0.2, 0.25) is 0 Å². The standard InChI is InChI=1S/C18H14O4/c1-11-15-9-7-14(20)10-17(15)22-18(21)16(11)8-4-12-2-5-13(19)6-3-12/h2-10,19-20H,1H3/b8-4+. The molecule has 0 bridgehead atoms. The first-order valence-electron chi connectivity index (χ1n) is 6.78. The first kappa shape index (κ1) is 13.9. The number of benzene rings is 2. The van der Waals surface area contributed by atoms with Crippen LogP contribution in [0, 0.1) is 6.92 Å². The van der Waals surface area contributed by atoms with Crippen LogP contribution >= 0.6 is 0 Å². The van der Waals surface area contributed by atoms with Crippen molar-refractivity contribution in [1.29, 1.82) is 0 Å². The van der Waals surface area contributed by atoms with Crippen LogP contribution in [0.5, 0.6) is 11.5 Å². The number of aryl methyl sites for hydroxylation is 1. The smallest absolute Gasteiger partial charge is 0.343 e. The third-order valence-electron chi connectivity index (χ3n) is 3.53. The lowest BCUT2D eigenvalue weighted by atomic mass is 10.0. The van der Waals surface area contributed by atoms with Gasteiger partial charge in [0.1, 0.15) is 17.1 Å². The fourth-order valence-electron chi connectivity index (χ4n) is 2.32. The molecule has 0 spiro atoms. The molecule has 0 aliphatic rings. The van der Waals surface area contributed by atoms with Crippen LogP contribution in [0.25, 0.3) is 23.1 Å². The number of fused-ring (bicyclic) bond motifs is 1. The SMILES string of the molecule is Cc1c(/C=C/c2ccc(O)cc2)c(=O)oc2cc(O)ccc12. The van der Waals surface area contributed by atoms with Crippen LogP contribution in [-0.4, -0.2) is 10.2 Å². The van der Waals surface area contributed by atoms with Crippen molar-refractivity contribution in [3.63, 3.8) is 0 Å². The highest BCUT2D eigenvalue weighted by atomic mass is 16.4. The summed E-state index contributed by atoms with van der Waals surface area (Å²) in [5, 5.41) is 19.5. The van der Waals surface area contributed by atoms with Gasteiger partial charge in [0.2, 0.25) is 0 Å². The van der Waals surface area contributed by atoms with Gasteiger partial charge in [-0.05, 0) is 48.4 Å². The largest absolute Gasteiger partial charge is 0.508 e. The fraction of sp³-hybridized carbons (Fsp3) is 0.0556. The molecule has 0 aliphatic heterocycles. The highest BCUT2D eigenvalue weighted by Gasteiger charge is 2.09. The van der Waals surface area contributed by atoms with Gasteiger partial charge in [-0.15, -0.1) is 0 Å². The van der Waals surface area contributed by atoms with E-state index in [4.69, 9.17) is 4.42 Å². The van der Waals surface area contributed by atoms with Crippen molar-refractivity contribution < 1.29 is 14.6 Å². The van der Waals surface area contributed by atoms with E-state index in [1.54, 1.807) is 48.6 Å². The van der Waals surface area contributed by atoms with Crippen LogP contribution in [0.3, 0.4) is 0 Å². The Hall–Kier alpha value is -3.01. The number of rotatable bonds is 2. The van der Waals surface area contributed by atoms with Crippen molar-refractivity contribution in [3.05, 3.63) is 69.6 Å². The molecule has 0 unspecified atom stereocenters. The van der Waals surface area contributed by atoms with Crippen LogP contribution in [0.1, 0.15) is 16.7 Å².